The highest BCUT2D eigenvalue weighted by molar-refractivity contribution is 7.98. The quantitative estimate of drug-likeness (QED) is 0.128. The van der Waals surface area contributed by atoms with Gasteiger partial charge in [-0.1, -0.05) is 91.0 Å². The summed E-state index contributed by atoms with van der Waals surface area (Å²) >= 11 is 1.58. The van der Waals surface area contributed by atoms with Crippen LogP contribution in [0.5, 0.6) is 0 Å². The molecule has 2 amide bonds. The summed E-state index contributed by atoms with van der Waals surface area (Å²) in [6, 6.07) is 43.9. The van der Waals surface area contributed by atoms with E-state index >= 15 is 0 Å². The van der Waals surface area contributed by atoms with E-state index in [0.29, 0.717) is 17.0 Å². The number of carbonyl (C=O) groups excluding carboxylic acids is 2. The molecule has 0 unspecified atom stereocenters. The molecule has 0 aliphatic carbocycles. The number of rotatable bonds is 10. The van der Waals surface area contributed by atoms with E-state index < -0.39 is 5.91 Å². The van der Waals surface area contributed by atoms with E-state index in [-0.39, 0.29) is 11.6 Å². The Kier molecular flexibility index (Phi) is 9.18. The Bertz CT molecular complexity index is 1910. The molecule has 0 atom stereocenters. The minimum Gasteiger partial charge on any atom is -0.321 e. The van der Waals surface area contributed by atoms with Gasteiger partial charge in [-0.2, -0.15) is 4.68 Å². The monoisotopic (exact) mass is 608 g/mol. The lowest BCUT2D eigenvalue weighted by atomic mass is 10.0. The second-order valence-corrected chi connectivity index (χ2v) is 11.0. The number of tetrazole rings is 1. The Hall–Kier alpha value is -5.80. The van der Waals surface area contributed by atoms with E-state index in [9.17, 15) is 9.59 Å². The van der Waals surface area contributed by atoms with Crippen LogP contribution in [0.2, 0.25) is 0 Å². The van der Waals surface area contributed by atoms with Gasteiger partial charge in [0.25, 0.3) is 11.8 Å². The molecule has 2 N–H and O–H groups in total. The topological polar surface area (TPSA) is 102 Å². The van der Waals surface area contributed by atoms with E-state index in [2.05, 4.69) is 26.2 Å². The van der Waals surface area contributed by atoms with E-state index in [1.165, 1.54) is 0 Å². The number of nitrogens with one attached hydrogen (secondary N) is 2. The van der Waals surface area contributed by atoms with Crippen molar-refractivity contribution in [2.45, 2.75) is 10.6 Å². The van der Waals surface area contributed by atoms with Crippen LogP contribution in [0.25, 0.3) is 22.9 Å². The Morgan fingerprint density at radius 2 is 1.33 bits per heavy atom. The zero-order valence-electron chi connectivity index (χ0n) is 24.1. The van der Waals surface area contributed by atoms with Crippen LogP contribution in [-0.2, 0) is 10.5 Å². The molecule has 8 nitrogen and oxygen atoms in total. The number of carbonyl (C=O) groups is 2. The minimum absolute atomic E-state index is 0.127. The second-order valence-electron chi connectivity index (χ2n) is 9.98. The summed E-state index contributed by atoms with van der Waals surface area (Å²) in [4.78, 5) is 27.5. The molecule has 1 aromatic heterocycles. The van der Waals surface area contributed by atoms with Crippen molar-refractivity contribution in [3.05, 3.63) is 162 Å². The lowest BCUT2D eigenvalue weighted by Gasteiger charge is -2.12. The summed E-state index contributed by atoms with van der Waals surface area (Å²) in [6.45, 7) is 0. The van der Waals surface area contributed by atoms with Crippen molar-refractivity contribution in [3.8, 4) is 16.8 Å². The average molecular weight is 609 g/mol. The van der Waals surface area contributed by atoms with Gasteiger partial charge in [0.15, 0.2) is 5.82 Å². The number of thioether (sulfide) groups is 1. The number of para-hydroxylation sites is 1. The molecule has 6 aromatic rings. The lowest BCUT2D eigenvalue weighted by Crippen LogP contribution is -2.30. The fraction of sp³-hybridized carbons (Fsp3) is 0.0278. The van der Waals surface area contributed by atoms with Crippen molar-refractivity contribution < 1.29 is 9.59 Å². The van der Waals surface area contributed by atoms with E-state index in [1.54, 1.807) is 46.8 Å². The van der Waals surface area contributed by atoms with Gasteiger partial charge in [-0.25, -0.2) is 0 Å². The van der Waals surface area contributed by atoms with Crippen LogP contribution >= 0.6 is 11.8 Å². The van der Waals surface area contributed by atoms with Crippen LogP contribution in [0.4, 0.5) is 5.69 Å². The molecule has 0 aliphatic heterocycles. The summed E-state index contributed by atoms with van der Waals surface area (Å²) in [6.07, 6.45) is 1.67. The zero-order chi connectivity index (χ0) is 30.8. The van der Waals surface area contributed by atoms with Crippen LogP contribution in [-0.4, -0.2) is 32.0 Å². The van der Waals surface area contributed by atoms with Gasteiger partial charge in [0.1, 0.15) is 5.70 Å². The molecular weight excluding hydrogens is 581 g/mol. The highest BCUT2D eigenvalue weighted by Gasteiger charge is 2.16. The van der Waals surface area contributed by atoms with Crippen molar-refractivity contribution in [2.75, 3.05) is 5.32 Å². The summed E-state index contributed by atoms with van der Waals surface area (Å²) < 4.78 is 1.72. The molecule has 0 aliphatic rings. The first kappa shape index (κ1) is 29.3. The highest BCUT2D eigenvalue weighted by atomic mass is 32.2. The van der Waals surface area contributed by atoms with Gasteiger partial charge in [-0.15, -0.1) is 16.9 Å². The average Bonchev–Trinajstić information content (AvgIpc) is 3.58. The van der Waals surface area contributed by atoms with Gasteiger partial charge in [-0.05, 0) is 81.7 Å². The lowest BCUT2D eigenvalue weighted by molar-refractivity contribution is -0.113. The van der Waals surface area contributed by atoms with Crippen LogP contribution in [0.15, 0.2) is 150 Å². The number of hydrogen-bond acceptors (Lipinski definition) is 6. The van der Waals surface area contributed by atoms with Gasteiger partial charge in [0, 0.05) is 16.1 Å². The number of nitrogens with zero attached hydrogens (tertiary/aromatic N) is 4. The third-order valence-electron chi connectivity index (χ3n) is 6.87. The maximum Gasteiger partial charge on any atom is 0.272 e. The summed E-state index contributed by atoms with van der Waals surface area (Å²) in [7, 11) is 0. The van der Waals surface area contributed by atoms with Crippen molar-refractivity contribution in [1.29, 1.82) is 0 Å². The Morgan fingerprint density at radius 1 is 0.711 bits per heavy atom. The summed E-state index contributed by atoms with van der Waals surface area (Å²) in [5.74, 6) is 0.482. The number of benzene rings is 5. The van der Waals surface area contributed by atoms with Crippen molar-refractivity contribution >= 4 is 35.3 Å². The zero-order valence-corrected chi connectivity index (χ0v) is 24.9. The molecule has 9 heteroatoms. The number of amides is 2. The first-order chi connectivity index (χ1) is 22.1. The molecule has 6 rings (SSSR count). The molecule has 0 saturated carbocycles. The molecule has 1 heterocycles. The first-order valence-corrected chi connectivity index (χ1v) is 15.2. The van der Waals surface area contributed by atoms with E-state index in [4.69, 9.17) is 0 Å². The fourth-order valence-corrected chi connectivity index (χ4v) is 5.36. The van der Waals surface area contributed by atoms with Gasteiger partial charge in [-0.3, -0.25) is 9.59 Å². The smallest absolute Gasteiger partial charge is 0.272 e. The predicted octanol–water partition coefficient (Wildman–Crippen LogP) is 7.03. The fourth-order valence-electron chi connectivity index (χ4n) is 4.56. The van der Waals surface area contributed by atoms with Gasteiger partial charge in [0.05, 0.1) is 11.4 Å². The maximum absolute atomic E-state index is 13.5. The van der Waals surface area contributed by atoms with Gasteiger partial charge < -0.3 is 10.6 Å². The van der Waals surface area contributed by atoms with Crippen LogP contribution in [0.1, 0.15) is 21.7 Å². The Balaban J connectivity index is 1.16. The van der Waals surface area contributed by atoms with Crippen LogP contribution in [0.3, 0.4) is 0 Å². The molecular formula is C36H28N6O2S. The number of hydrogen-bond donors (Lipinski definition) is 2. The van der Waals surface area contributed by atoms with E-state index in [0.717, 1.165) is 33.1 Å². The number of aromatic nitrogens is 4. The molecule has 0 saturated heterocycles. The van der Waals surface area contributed by atoms with Crippen molar-refractivity contribution in [2.24, 2.45) is 0 Å². The standard InChI is InChI=1S/C36H28N6O2S/c43-35(29-12-6-2-7-13-29)38-33(24-26-16-18-28(19-17-26)27-10-4-1-5-11-27)36(44)37-30-20-22-32(23-21-30)45-25-34-39-40-41-42(34)31-14-8-3-9-15-31/h1-24H,25H2,(H,37,44)(H,38,43)/b33-24-. The summed E-state index contributed by atoms with van der Waals surface area (Å²) in [5, 5.41) is 17.8. The summed E-state index contributed by atoms with van der Waals surface area (Å²) in [5.41, 5.74) is 5.00. The SMILES string of the molecule is O=C(Nc1ccc(SCc2nnnn2-c2ccccc2)cc1)/C(=C/c1ccc(-c2ccccc2)cc1)NC(=O)c1ccccc1. The third kappa shape index (κ3) is 7.59. The maximum atomic E-state index is 13.5. The molecule has 5 aromatic carbocycles. The Morgan fingerprint density at radius 3 is 2.02 bits per heavy atom. The van der Waals surface area contributed by atoms with Crippen LogP contribution in [0, 0.1) is 0 Å². The second kappa shape index (κ2) is 14.1. The first-order valence-electron chi connectivity index (χ1n) is 14.2. The largest absolute Gasteiger partial charge is 0.321 e. The molecule has 220 valence electrons. The molecule has 0 spiro atoms. The highest BCUT2D eigenvalue weighted by Crippen LogP contribution is 2.25. The van der Waals surface area contributed by atoms with Crippen LogP contribution < -0.4 is 10.6 Å². The molecule has 0 bridgehead atoms. The predicted molar refractivity (Wildman–Crippen MR) is 178 cm³/mol. The van der Waals surface area contributed by atoms with E-state index in [1.807, 2.05) is 115 Å². The van der Waals surface area contributed by atoms with Crippen molar-refractivity contribution in [1.82, 2.24) is 25.5 Å². The molecule has 45 heavy (non-hydrogen) atoms. The molecule has 0 radical (unpaired) electrons. The molecule has 0 fully saturated rings. The minimum atomic E-state index is -0.436. The Labute approximate surface area is 264 Å². The third-order valence-corrected chi connectivity index (χ3v) is 7.88. The number of anilines is 1. The van der Waals surface area contributed by atoms with Gasteiger partial charge in [0.2, 0.25) is 0 Å². The van der Waals surface area contributed by atoms with Gasteiger partial charge >= 0.3 is 0 Å². The normalized spacial score (nSPS) is 11.2. The van der Waals surface area contributed by atoms with Crippen molar-refractivity contribution in [3.63, 3.8) is 0 Å².